The normalized spacial score (nSPS) is 17.4. The zero-order valence-electron chi connectivity index (χ0n) is 18.5. The van der Waals surface area contributed by atoms with Gasteiger partial charge in [-0.1, -0.05) is 6.07 Å². The van der Waals surface area contributed by atoms with Crippen LogP contribution in [0, 0.1) is 5.92 Å². The Hall–Kier alpha value is -3.04. The molecule has 0 aliphatic carbocycles. The second-order valence-corrected chi connectivity index (χ2v) is 8.15. The third-order valence-electron chi connectivity index (χ3n) is 6.04. The van der Waals surface area contributed by atoms with Gasteiger partial charge in [-0.2, -0.15) is 0 Å². The van der Waals surface area contributed by atoms with E-state index in [0.29, 0.717) is 49.4 Å². The predicted molar refractivity (Wildman–Crippen MR) is 120 cm³/mol. The summed E-state index contributed by atoms with van der Waals surface area (Å²) in [5, 5.41) is 3.06. The number of fused-ring (bicyclic) bond motifs is 1. The maximum absolute atomic E-state index is 13.4. The molecule has 170 valence electrons. The summed E-state index contributed by atoms with van der Waals surface area (Å²) in [5.74, 6) is 0.761. The minimum absolute atomic E-state index is 0.0190. The van der Waals surface area contributed by atoms with Gasteiger partial charge in [-0.05, 0) is 37.0 Å². The third-order valence-corrected chi connectivity index (χ3v) is 6.04. The van der Waals surface area contributed by atoms with Crippen LogP contribution in [-0.2, 0) is 14.3 Å². The number of amides is 2. The van der Waals surface area contributed by atoms with Crippen LogP contribution in [0.4, 0.5) is 11.5 Å². The van der Waals surface area contributed by atoms with Crippen molar-refractivity contribution in [2.75, 3.05) is 57.3 Å². The molecule has 1 unspecified atom stereocenters. The summed E-state index contributed by atoms with van der Waals surface area (Å²) in [6, 6.07) is 7.00. The van der Waals surface area contributed by atoms with Crippen molar-refractivity contribution in [2.24, 2.45) is 5.92 Å². The molecular formula is C23H29N5O4. The van der Waals surface area contributed by atoms with Crippen molar-refractivity contribution >= 4 is 23.3 Å². The number of nitrogens with zero attached hydrogens (tertiary/aromatic N) is 4. The Morgan fingerprint density at radius 1 is 1.34 bits per heavy atom. The zero-order valence-corrected chi connectivity index (χ0v) is 18.5. The van der Waals surface area contributed by atoms with Gasteiger partial charge < -0.3 is 24.6 Å². The Kier molecular flexibility index (Phi) is 6.96. The van der Waals surface area contributed by atoms with E-state index in [1.165, 1.54) is 0 Å². The number of rotatable bonds is 7. The first kappa shape index (κ1) is 22.2. The fourth-order valence-corrected chi connectivity index (χ4v) is 4.16. The molecule has 9 heteroatoms. The van der Waals surface area contributed by atoms with Gasteiger partial charge in [0.25, 0.3) is 5.91 Å². The molecule has 1 saturated heterocycles. The Morgan fingerprint density at radius 3 is 2.88 bits per heavy atom. The molecule has 9 nitrogen and oxygen atoms in total. The number of hydrogen-bond acceptors (Lipinski definition) is 7. The summed E-state index contributed by atoms with van der Waals surface area (Å²) in [6.45, 7) is 2.55. The molecule has 0 saturated carbocycles. The molecule has 4 rings (SSSR count). The predicted octanol–water partition coefficient (Wildman–Crippen LogP) is 2.12. The average Bonchev–Trinajstić information content (AvgIpc) is 2.84. The number of aromatic nitrogens is 2. The van der Waals surface area contributed by atoms with E-state index in [9.17, 15) is 9.59 Å². The Morgan fingerprint density at radius 2 is 2.16 bits per heavy atom. The summed E-state index contributed by atoms with van der Waals surface area (Å²) < 4.78 is 10.8. The number of nitrogens with one attached hydrogen (secondary N) is 1. The second-order valence-electron chi connectivity index (χ2n) is 8.15. The van der Waals surface area contributed by atoms with Crippen LogP contribution in [0.1, 0.15) is 34.9 Å². The number of pyridine rings is 2. The highest BCUT2D eigenvalue weighted by Crippen LogP contribution is 2.31. The molecule has 2 aliphatic heterocycles. The van der Waals surface area contributed by atoms with Gasteiger partial charge in [-0.3, -0.25) is 14.6 Å². The van der Waals surface area contributed by atoms with Crippen LogP contribution in [0.25, 0.3) is 0 Å². The molecule has 2 aromatic rings. The monoisotopic (exact) mass is 439 g/mol. The van der Waals surface area contributed by atoms with Crippen molar-refractivity contribution in [1.29, 1.82) is 0 Å². The lowest BCUT2D eigenvalue weighted by atomic mass is 9.99. The van der Waals surface area contributed by atoms with Crippen LogP contribution in [0.3, 0.4) is 0 Å². The number of ether oxygens (including phenoxy) is 2. The number of carbonyl (C=O) groups excluding carboxylic acids is 2. The second kappa shape index (κ2) is 10.1. The smallest absolute Gasteiger partial charge is 0.255 e. The van der Waals surface area contributed by atoms with Crippen LogP contribution in [-0.4, -0.2) is 73.7 Å². The molecule has 0 spiro atoms. The molecule has 2 aliphatic rings. The number of hydrogen-bond donors (Lipinski definition) is 1. The van der Waals surface area contributed by atoms with Crippen molar-refractivity contribution < 1.29 is 19.1 Å². The van der Waals surface area contributed by atoms with Crippen LogP contribution < -0.4 is 10.2 Å². The van der Waals surface area contributed by atoms with Crippen molar-refractivity contribution in [3.63, 3.8) is 0 Å². The maximum Gasteiger partial charge on any atom is 0.255 e. The molecule has 1 N–H and O–H groups in total. The van der Waals surface area contributed by atoms with E-state index in [2.05, 4.69) is 15.3 Å². The molecule has 0 aromatic carbocycles. The molecule has 2 aromatic heterocycles. The SMILES string of the molecule is COCC(c1ccccn1)N(C)C(=O)c1cnc2c(c1)N(CC1CCOCC1)C(=O)CN2. The standard InChI is InChI=1S/C23H29N5O4/c1-27(20(15-31-2)18-5-3-4-8-24-18)23(30)17-11-19-22(25-12-17)26-13-21(29)28(19)14-16-6-9-32-10-7-16/h3-5,8,11-12,16,20H,6-7,9-10,13-15H2,1-2H3,(H,25,26). The minimum Gasteiger partial charge on any atom is -0.382 e. The molecule has 4 heterocycles. The number of anilines is 2. The fraction of sp³-hybridized carbons (Fsp3) is 0.478. The van der Waals surface area contributed by atoms with E-state index in [1.807, 2.05) is 18.2 Å². The van der Waals surface area contributed by atoms with Crippen molar-refractivity contribution in [3.8, 4) is 0 Å². The molecule has 0 bridgehead atoms. The zero-order chi connectivity index (χ0) is 22.5. The average molecular weight is 440 g/mol. The Balaban J connectivity index is 1.59. The maximum atomic E-state index is 13.4. The van der Waals surface area contributed by atoms with E-state index >= 15 is 0 Å². The van der Waals surface area contributed by atoms with Crippen LogP contribution in [0.5, 0.6) is 0 Å². The highest BCUT2D eigenvalue weighted by atomic mass is 16.5. The highest BCUT2D eigenvalue weighted by molar-refractivity contribution is 6.04. The topological polar surface area (TPSA) is 96.9 Å². The van der Waals surface area contributed by atoms with Crippen LogP contribution >= 0.6 is 0 Å². The van der Waals surface area contributed by atoms with E-state index < -0.39 is 0 Å². The van der Waals surface area contributed by atoms with Gasteiger partial charge in [-0.15, -0.1) is 0 Å². The first-order valence-electron chi connectivity index (χ1n) is 10.9. The van der Waals surface area contributed by atoms with E-state index in [4.69, 9.17) is 9.47 Å². The molecule has 1 fully saturated rings. The van der Waals surface area contributed by atoms with Gasteiger partial charge in [0.05, 0.1) is 36.1 Å². The quantitative estimate of drug-likeness (QED) is 0.706. The minimum atomic E-state index is -0.345. The van der Waals surface area contributed by atoms with Gasteiger partial charge in [0.15, 0.2) is 0 Å². The highest BCUT2D eigenvalue weighted by Gasteiger charge is 2.30. The van der Waals surface area contributed by atoms with Gasteiger partial charge in [0, 0.05) is 46.3 Å². The summed E-state index contributed by atoms with van der Waals surface area (Å²) in [7, 11) is 3.32. The van der Waals surface area contributed by atoms with E-state index in [1.54, 1.807) is 42.4 Å². The number of carbonyl (C=O) groups is 2. The van der Waals surface area contributed by atoms with E-state index in [-0.39, 0.29) is 24.4 Å². The van der Waals surface area contributed by atoms with Gasteiger partial charge in [-0.25, -0.2) is 4.98 Å². The molecular weight excluding hydrogens is 410 g/mol. The third kappa shape index (κ3) is 4.73. The van der Waals surface area contributed by atoms with Gasteiger partial charge in [0.1, 0.15) is 5.82 Å². The molecule has 2 amide bonds. The summed E-state index contributed by atoms with van der Waals surface area (Å²) in [4.78, 5) is 38.3. The lowest BCUT2D eigenvalue weighted by molar-refractivity contribution is -0.117. The summed E-state index contributed by atoms with van der Waals surface area (Å²) >= 11 is 0. The largest absolute Gasteiger partial charge is 0.382 e. The van der Waals surface area contributed by atoms with Crippen molar-refractivity contribution in [2.45, 2.75) is 18.9 Å². The van der Waals surface area contributed by atoms with Crippen LogP contribution in [0.15, 0.2) is 36.7 Å². The summed E-state index contributed by atoms with van der Waals surface area (Å²) in [6.07, 6.45) is 5.09. The molecule has 1 atom stereocenters. The Bertz CT molecular complexity index is 949. The number of methoxy groups -OCH3 is 1. The van der Waals surface area contributed by atoms with Crippen molar-refractivity contribution in [1.82, 2.24) is 14.9 Å². The van der Waals surface area contributed by atoms with Crippen molar-refractivity contribution in [3.05, 3.63) is 47.9 Å². The molecule has 32 heavy (non-hydrogen) atoms. The first-order valence-corrected chi connectivity index (χ1v) is 10.9. The lowest BCUT2D eigenvalue weighted by Crippen LogP contribution is -2.44. The van der Waals surface area contributed by atoms with Gasteiger partial charge in [0.2, 0.25) is 5.91 Å². The fourth-order valence-electron chi connectivity index (χ4n) is 4.16. The summed E-state index contributed by atoms with van der Waals surface area (Å²) in [5.41, 5.74) is 1.80. The Labute approximate surface area is 187 Å². The first-order chi connectivity index (χ1) is 15.6. The number of likely N-dealkylation sites (N-methyl/N-ethyl adjacent to an activating group) is 1. The van der Waals surface area contributed by atoms with Crippen LogP contribution in [0.2, 0.25) is 0 Å². The van der Waals surface area contributed by atoms with Gasteiger partial charge >= 0.3 is 0 Å². The molecule has 0 radical (unpaired) electrons. The lowest BCUT2D eigenvalue weighted by Gasteiger charge is -2.34. The van der Waals surface area contributed by atoms with E-state index in [0.717, 1.165) is 18.5 Å².